The number of morpholine rings is 2. The summed E-state index contributed by atoms with van der Waals surface area (Å²) in [6, 6.07) is 8.19. The molecule has 182 valence electrons. The Balaban J connectivity index is 0.00000363. The molecule has 2 N–H and O–H groups in total. The summed E-state index contributed by atoms with van der Waals surface area (Å²) in [6.45, 7) is 14.5. The van der Waals surface area contributed by atoms with Gasteiger partial charge in [-0.1, -0.05) is 18.2 Å². The van der Waals surface area contributed by atoms with E-state index in [0.29, 0.717) is 13.2 Å². The monoisotopic (exact) mass is 561 g/mol. The summed E-state index contributed by atoms with van der Waals surface area (Å²) < 4.78 is 16.9. The van der Waals surface area contributed by atoms with Gasteiger partial charge in [-0.3, -0.25) is 9.80 Å². The molecule has 8 nitrogen and oxygen atoms in total. The van der Waals surface area contributed by atoms with Gasteiger partial charge in [-0.25, -0.2) is 4.99 Å². The van der Waals surface area contributed by atoms with Crippen LogP contribution in [0, 0.1) is 0 Å². The minimum Gasteiger partial charge on any atom is -0.492 e. The van der Waals surface area contributed by atoms with Crippen molar-refractivity contribution in [3.63, 3.8) is 0 Å². The first kappa shape index (κ1) is 27.1. The van der Waals surface area contributed by atoms with E-state index in [-0.39, 0.29) is 24.0 Å². The Morgan fingerprint density at radius 2 is 1.62 bits per heavy atom. The highest BCUT2D eigenvalue weighted by Crippen LogP contribution is 2.19. The average Bonchev–Trinajstić information content (AvgIpc) is 2.82. The highest BCUT2D eigenvalue weighted by atomic mass is 127. The lowest BCUT2D eigenvalue weighted by atomic mass is 10.2. The van der Waals surface area contributed by atoms with Gasteiger partial charge in [0.05, 0.1) is 33.0 Å². The summed E-state index contributed by atoms with van der Waals surface area (Å²) in [4.78, 5) is 9.62. The molecule has 0 radical (unpaired) electrons. The van der Waals surface area contributed by atoms with Crippen LogP contribution in [0.5, 0.6) is 5.75 Å². The molecule has 3 rings (SSSR count). The number of guanidine groups is 1. The lowest BCUT2D eigenvalue weighted by Crippen LogP contribution is -2.40. The Hall–Kier alpha value is -1.14. The van der Waals surface area contributed by atoms with Gasteiger partial charge in [0.15, 0.2) is 5.96 Å². The molecule has 0 amide bonds. The van der Waals surface area contributed by atoms with E-state index in [2.05, 4.69) is 33.4 Å². The number of aliphatic imine (C=N–C) groups is 1. The van der Waals surface area contributed by atoms with Crippen LogP contribution in [-0.4, -0.2) is 101 Å². The van der Waals surface area contributed by atoms with E-state index in [1.165, 1.54) is 0 Å². The van der Waals surface area contributed by atoms with Gasteiger partial charge in [-0.15, -0.1) is 24.0 Å². The Labute approximate surface area is 210 Å². The van der Waals surface area contributed by atoms with Crippen molar-refractivity contribution >= 4 is 29.9 Å². The number of nitrogens with one attached hydrogen (secondary N) is 2. The maximum atomic E-state index is 6.09. The molecule has 0 unspecified atom stereocenters. The molecule has 1 aromatic carbocycles. The summed E-state index contributed by atoms with van der Waals surface area (Å²) in [6.07, 6.45) is 1.09. The van der Waals surface area contributed by atoms with E-state index in [1.54, 1.807) is 0 Å². The van der Waals surface area contributed by atoms with Crippen LogP contribution >= 0.6 is 24.0 Å². The second kappa shape index (κ2) is 16.5. The molecular formula is C23H40IN5O3. The molecule has 2 saturated heterocycles. The fourth-order valence-corrected chi connectivity index (χ4v) is 3.72. The minimum absolute atomic E-state index is 0. The van der Waals surface area contributed by atoms with Crippen LogP contribution in [0.2, 0.25) is 0 Å². The first-order valence-electron chi connectivity index (χ1n) is 11.7. The van der Waals surface area contributed by atoms with Crippen LogP contribution in [-0.2, 0) is 16.0 Å². The third kappa shape index (κ3) is 10.2. The summed E-state index contributed by atoms with van der Waals surface area (Å²) in [5, 5.41) is 6.80. The molecular weight excluding hydrogens is 521 g/mol. The van der Waals surface area contributed by atoms with Crippen LogP contribution < -0.4 is 15.4 Å². The number of rotatable bonds is 11. The van der Waals surface area contributed by atoms with Crippen molar-refractivity contribution in [1.29, 1.82) is 0 Å². The van der Waals surface area contributed by atoms with Gasteiger partial charge >= 0.3 is 0 Å². The molecule has 2 fully saturated rings. The van der Waals surface area contributed by atoms with Crippen LogP contribution in [0.4, 0.5) is 0 Å². The lowest BCUT2D eigenvalue weighted by Gasteiger charge is -2.26. The molecule has 2 aliphatic heterocycles. The van der Waals surface area contributed by atoms with Crippen molar-refractivity contribution in [3.05, 3.63) is 29.8 Å². The SMILES string of the molecule is CCNC(=NCc1ccccc1OCCN1CCOCC1)NCCCN1CCOCC1.I. The minimum atomic E-state index is 0. The van der Waals surface area contributed by atoms with Gasteiger partial charge in [0.25, 0.3) is 0 Å². The summed E-state index contributed by atoms with van der Waals surface area (Å²) in [5.74, 6) is 1.77. The quantitative estimate of drug-likeness (QED) is 0.185. The molecule has 0 atom stereocenters. The summed E-state index contributed by atoms with van der Waals surface area (Å²) >= 11 is 0. The van der Waals surface area contributed by atoms with Crippen molar-refractivity contribution in [2.24, 2.45) is 4.99 Å². The van der Waals surface area contributed by atoms with E-state index in [0.717, 1.165) is 102 Å². The number of hydrogen-bond donors (Lipinski definition) is 2. The number of benzene rings is 1. The molecule has 2 aliphatic rings. The largest absolute Gasteiger partial charge is 0.492 e. The van der Waals surface area contributed by atoms with Crippen molar-refractivity contribution in [2.75, 3.05) is 85.4 Å². The second-order valence-electron chi connectivity index (χ2n) is 7.84. The normalized spacial score (nSPS) is 18.1. The van der Waals surface area contributed by atoms with Crippen molar-refractivity contribution < 1.29 is 14.2 Å². The molecule has 1 aromatic rings. The first-order chi connectivity index (χ1) is 15.3. The smallest absolute Gasteiger partial charge is 0.191 e. The first-order valence-corrected chi connectivity index (χ1v) is 11.7. The van der Waals surface area contributed by atoms with Crippen molar-refractivity contribution in [1.82, 2.24) is 20.4 Å². The molecule has 0 spiro atoms. The van der Waals surface area contributed by atoms with Crippen LogP contribution in [0.25, 0.3) is 0 Å². The molecule has 32 heavy (non-hydrogen) atoms. The zero-order chi connectivity index (χ0) is 21.6. The topological polar surface area (TPSA) is 70.6 Å². The Morgan fingerprint density at radius 3 is 2.31 bits per heavy atom. The average molecular weight is 562 g/mol. The van der Waals surface area contributed by atoms with Gasteiger partial charge in [0.2, 0.25) is 0 Å². The number of halogens is 1. The predicted molar refractivity (Wildman–Crippen MR) is 139 cm³/mol. The third-order valence-corrected chi connectivity index (χ3v) is 5.54. The van der Waals surface area contributed by atoms with Crippen molar-refractivity contribution in [2.45, 2.75) is 19.9 Å². The van der Waals surface area contributed by atoms with Crippen LogP contribution in [0.1, 0.15) is 18.9 Å². The van der Waals surface area contributed by atoms with Crippen LogP contribution in [0.3, 0.4) is 0 Å². The van der Waals surface area contributed by atoms with E-state index in [1.807, 2.05) is 18.2 Å². The molecule has 0 aliphatic carbocycles. The number of para-hydroxylation sites is 1. The summed E-state index contributed by atoms with van der Waals surface area (Å²) in [7, 11) is 0. The third-order valence-electron chi connectivity index (χ3n) is 5.54. The van der Waals surface area contributed by atoms with Crippen LogP contribution in [0.15, 0.2) is 29.3 Å². The number of nitrogens with zero attached hydrogens (tertiary/aromatic N) is 3. The molecule has 2 heterocycles. The Morgan fingerprint density at radius 1 is 0.969 bits per heavy atom. The highest BCUT2D eigenvalue weighted by molar-refractivity contribution is 14.0. The van der Waals surface area contributed by atoms with Crippen molar-refractivity contribution in [3.8, 4) is 5.75 Å². The van der Waals surface area contributed by atoms with Gasteiger partial charge in [0, 0.05) is 51.4 Å². The zero-order valence-electron chi connectivity index (χ0n) is 19.4. The highest BCUT2D eigenvalue weighted by Gasteiger charge is 2.11. The lowest BCUT2D eigenvalue weighted by molar-refractivity contribution is 0.0322. The maximum Gasteiger partial charge on any atom is 0.191 e. The van der Waals surface area contributed by atoms with Gasteiger partial charge in [-0.2, -0.15) is 0 Å². The van der Waals surface area contributed by atoms with Gasteiger partial charge in [0.1, 0.15) is 12.4 Å². The predicted octanol–water partition coefficient (Wildman–Crippen LogP) is 1.79. The van der Waals surface area contributed by atoms with E-state index in [4.69, 9.17) is 19.2 Å². The maximum absolute atomic E-state index is 6.09. The summed E-state index contributed by atoms with van der Waals surface area (Å²) in [5.41, 5.74) is 1.11. The molecule has 0 aromatic heterocycles. The zero-order valence-corrected chi connectivity index (χ0v) is 21.7. The second-order valence-corrected chi connectivity index (χ2v) is 7.84. The fraction of sp³-hybridized carbons (Fsp3) is 0.696. The van der Waals surface area contributed by atoms with Gasteiger partial charge in [-0.05, 0) is 26.0 Å². The molecule has 9 heteroatoms. The fourth-order valence-electron chi connectivity index (χ4n) is 3.72. The van der Waals surface area contributed by atoms with E-state index < -0.39 is 0 Å². The van der Waals surface area contributed by atoms with E-state index >= 15 is 0 Å². The Bertz CT molecular complexity index is 652. The molecule has 0 bridgehead atoms. The molecule has 0 saturated carbocycles. The Kier molecular flexibility index (Phi) is 14.0. The number of ether oxygens (including phenoxy) is 3. The van der Waals surface area contributed by atoms with E-state index in [9.17, 15) is 0 Å². The van der Waals surface area contributed by atoms with Gasteiger partial charge < -0.3 is 24.8 Å². The number of hydrogen-bond acceptors (Lipinski definition) is 6. The standard InChI is InChI=1S/C23H39N5O3.HI/c1-2-24-23(25-8-5-9-27-10-15-29-16-11-27)26-20-21-6-3-4-7-22(21)31-19-14-28-12-17-30-18-13-28;/h3-4,6-7H,2,5,8-20H2,1H3,(H2,24,25,26);1H.